The minimum Gasteiger partial charge on any atom is -0.388 e. The molecule has 1 saturated heterocycles. The molecule has 0 radical (unpaired) electrons. The first-order chi connectivity index (χ1) is 8.55. The van der Waals surface area contributed by atoms with E-state index in [1.165, 1.54) is 10.5 Å². The first-order valence-electron chi connectivity index (χ1n) is 6.01. The predicted molar refractivity (Wildman–Crippen MR) is 68.9 cm³/mol. The lowest BCUT2D eigenvalue weighted by molar-refractivity contribution is 0.0839. The van der Waals surface area contributed by atoms with Crippen molar-refractivity contribution in [3.63, 3.8) is 0 Å². The molecule has 1 atom stereocenters. The monoisotopic (exact) mass is 245 g/mol. The number of aliphatic hydroxyl groups is 1. The van der Waals surface area contributed by atoms with Gasteiger partial charge in [-0.2, -0.15) is 0 Å². The summed E-state index contributed by atoms with van der Waals surface area (Å²) < 4.78 is 1.51. The van der Waals surface area contributed by atoms with E-state index >= 15 is 0 Å². The molecule has 2 aromatic heterocycles. The fourth-order valence-corrected chi connectivity index (χ4v) is 2.34. The zero-order valence-corrected chi connectivity index (χ0v) is 10.2. The molecule has 5 heteroatoms. The number of nitrogens with zero attached hydrogens (tertiary/aromatic N) is 3. The Morgan fingerprint density at radius 2 is 2.28 bits per heavy atom. The van der Waals surface area contributed by atoms with Crippen LogP contribution in [0.2, 0.25) is 0 Å². The van der Waals surface area contributed by atoms with Crippen molar-refractivity contribution in [3.05, 3.63) is 40.8 Å². The van der Waals surface area contributed by atoms with E-state index in [0.29, 0.717) is 24.4 Å². The molecule has 18 heavy (non-hydrogen) atoms. The largest absolute Gasteiger partial charge is 0.388 e. The third-order valence-electron chi connectivity index (χ3n) is 3.33. The van der Waals surface area contributed by atoms with Gasteiger partial charge in [0.15, 0.2) is 0 Å². The Balaban J connectivity index is 2.06. The molecule has 0 aliphatic carbocycles. The van der Waals surface area contributed by atoms with Gasteiger partial charge in [-0.1, -0.05) is 6.07 Å². The van der Waals surface area contributed by atoms with Crippen molar-refractivity contribution in [2.75, 3.05) is 18.0 Å². The van der Waals surface area contributed by atoms with E-state index in [9.17, 15) is 9.90 Å². The summed E-state index contributed by atoms with van der Waals surface area (Å²) in [6.45, 7) is 3.05. The van der Waals surface area contributed by atoms with Crippen molar-refractivity contribution in [2.24, 2.45) is 0 Å². The van der Waals surface area contributed by atoms with Crippen LogP contribution in [0.15, 0.2) is 35.3 Å². The second-order valence-electron chi connectivity index (χ2n) is 5.05. The summed E-state index contributed by atoms with van der Waals surface area (Å²) in [5.74, 6) is 0.643. The maximum Gasteiger partial charge on any atom is 0.259 e. The molecule has 2 aromatic rings. The van der Waals surface area contributed by atoms with E-state index in [0.717, 1.165) is 6.54 Å². The molecule has 0 saturated carbocycles. The van der Waals surface area contributed by atoms with Crippen LogP contribution in [0.25, 0.3) is 5.65 Å². The molecule has 94 valence electrons. The van der Waals surface area contributed by atoms with Crippen LogP contribution in [0.3, 0.4) is 0 Å². The summed E-state index contributed by atoms with van der Waals surface area (Å²) in [7, 11) is 0. The van der Waals surface area contributed by atoms with Gasteiger partial charge in [0.25, 0.3) is 5.56 Å². The highest BCUT2D eigenvalue weighted by molar-refractivity contribution is 5.49. The van der Waals surface area contributed by atoms with E-state index in [1.807, 2.05) is 11.0 Å². The van der Waals surface area contributed by atoms with Crippen LogP contribution in [0, 0.1) is 0 Å². The smallest absolute Gasteiger partial charge is 0.259 e. The summed E-state index contributed by atoms with van der Waals surface area (Å²) in [4.78, 5) is 18.4. The number of rotatable bonds is 1. The summed E-state index contributed by atoms with van der Waals surface area (Å²) in [5.41, 5.74) is -0.155. The highest BCUT2D eigenvalue weighted by Gasteiger charge is 2.32. The van der Waals surface area contributed by atoms with E-state index < -0.39 is 5.60 Å². The second-order valence-corrected chi connectivity index (χ2v) is 5.05. The molecule has 0 bridgehead atoms. The van der Waals surface area contributed by atoms with Crippen molar-refractivity contribution in [2.45, 2.75) is 18.9 Å². The lowest BCUT2D eigenvalue weighted by atomic mass is 10.1. The van der Waals surface area contributed by atoms with Crippen molar-refractivity contribution in [3.8, 4) is 0 Å². The van der Waals surface area contributed by atoms with Crippen molar-refractivity contribution < 1.29 is 5.11 Å². The lowest BCUT2D eigenvalue weighted by Gasteiger charge is -2.19. The Bertz CT molecular complexity index is 648. The van der Waals surface area contributed by atoms with E-state index in [2.05, 4.69) is 4.98 Å². The number of pyridine rings is 1. The standard InChI is InChI=1S/C13H15N3O2/c1-13(18)5-7-15(9-13)11-8-12(17)16-6-3-2-4-10(16)14-11/h2-4,6,8,18H,5,7,9H2,1H3. The van der Waals surface area contributed by atoms with Crippen molar-refractivity contribution in [1.82, 2.24) is 9.38 Å². The molecule has 1 aliphatic rings. The van der Waals surface area contributed by atoms with Gasteiger partial charge in [-0.3, -0.25) is 9.20 Å². The van der Waals surface area contributed by atoms with Crippen LogP contribution in [0.4, 0.5) is 5.82 Å². The molecule has 0 spiro atoms. The van der Waals surface area contributed by atoms with Crippen LogP contribution in [0.1, 0.15) is 13.3 Å². The topological polar surface area (TPSA) is 57.8 Å². The minimum atomic E-state index is -0.691. The van der Waals surface area contributed by atoms with Crippen molar-refractivity contribution in [1.29, 1.82) is 0 Å². The zero-order chi connectivity index (χ0) is 12.8. The average Bonchev–Trinajstić information content (AvgIpc) is 2.70. The number of hydrogen-bond acceptors (Lipinski definition) is 4. The van der Waals surface area contributed by atoms with Crippen LogP contribution in [-0.4, -0.2) is 33.2 Å². The molecule has 1 aliphatic heterocycles. The third-order valence-corrected chi connectivity index (χ3v) is 3.33. The molecule has 1 N–H and O–H groups in total. The van der Waals surface area contributed by atoms with Crippen LogP contribution < -0.4 is 10.5 Å². The first kappa shape index (κ1) is 11.2. The molecular weight excluding hydrogens is 230 g/mol. The fourth-order valence-electron chi connectivity index (χ4n) is 2.34. The highest BCUT2D eigenvalue weighted by Crippen LogP contribution is 2.24. The van der Waals surface area contributed by atoms with Gasteiger partial charge in [-0.05, 0) is 25.5 Å². The Morgan fingerprint density at radius 1 is 1.44 bits per heavy atom. The van der Waals surface area contributed by atoms with Gasteiger partial charge in [0.2, 0.25) is 0 Å². The summed E-state index contributed by atoms with van der Waals surface area (Å²) in [5, 5.41) is 9.96. The number of fused-ring (bicyclic) bond motifs is 1. The average molecular weight is 245 g/mol. The summed E-state index contributed by atoms with van der Waals surface area (Å²) >= 11 is 0. The highest BCUT2D eigenvalue weighted by atomic mass is 16.3. The SMILES string of the molecule is CC1(O)CCN(c2cc(=O)n3ccccc3n2)C1. The number of β-amino-alcohol motifs (C(OH)–C–C–N with tert-alkyl or cyclic N) is 1. The Kier molecular flexibility index (Phi) is 2.38. The van der Waals surface area contributed by atoms with Gasteiger partial charge in [0, 0.05) is 25.4 Å². The lowest BCUT2D eigenvalue weighted by Crippen LogP contribution is -2.31. The van der Waals surface area contributed by atoms with Gasteiger partial charge in [0.1, 0.15) is 11.5 Å². The molecular formula is C13H15N3O2. The molecule has 3 heterocycles. The normalized spacial score (nSPS) is 23.8. The van der Waals surface area contributed by atoms with E-state index in [1.54, 1.807) is 25.3 Å². The van der Waals surface area contributed by atoms with Gasteiger partial charge in [-0.15, -0.1) is 0 Å². The Morgan fingerprint density at radius 3 is 3.00 bits per heavy atom. The quantitative estimate of drug-likeness (QED) is 0.801. The Labute approximate surface area is 104 Å². The second kappa shape index (κ2) is 3.81. The van der Waals surface area contributed by atoms with Crippen LogP contribution in [-0.2, 0) is 0 Å². The van der Waals surface area contributed by atoms with Gasteiger partial charge in [-0.25, -0.2) is 4.98 Å². The van der Waals surface area contributed by atoms with E-state index in [-0.39, 0.29) is 5.56 Å². The molecule has 0 amide bonds. The van der Waals surface area contributed by atoms with Crippen LogP contribution in [0.5, 0.6) is 0 Å². The number of aromatic nitrogens is 2. The summed E-state index contributed by atoms with van der Waals surface area (Å²) in [6.07, 6.45) is 2.40. The summed E-state index contributed by atoms with van der Waals surface area (Å²) in [6, 6.07) is 6.98. The molecule has 1 fully saturated rings. The van der Waals surface area contributed by atoms with Gasteiger partial charge >= 0.3 is 0 Å². The fraction of sp³-hybridized carbons (Fsp3) is 0.385. The molecule has 5 nitrogen and oxygen atoms in total. The first-order valence-corrected chi connectivity index (χ1v) is 6.01. The molecule has 0 aromatic carbocycles. The van der Waals surface area contributed by atoms with Crippen molar-refractivity contribution >= 4 is 11.5 Å². The maximum atomic E-state index is 12.0. The number of hydrogen-bond donors (Lipinski definition) is 1. The molecule has 3 rings (SSSR count). The van der Waals surface area contributed by atoms with Gasteiger partial charge < -0.3 is 10.0 Å². The maximum absolute atomic E-state index is 12.0. The third kappa shape index (κ3) is 1.86. The Hall–Kier alpha value is -1.88. The zero-order valence-electron chi connectivity index (χ0n) is 10.2. The minimum absolute atomic E-state index is 0.0952. The number of anilines is 1. The van der Waals surface area contributed by atoms with E-state index in [4.69, 9.17) is 0 Å². The molecule has 1 unspecified atom stereocenters. The van der Waals surface area contributed by atoms with Crippen LogP contribution >= 0.6 is 0 Å². The van der Waals surface area contributed by atoms with Gasteiger partial charge in [0.05, 0.1) is 5.60 Å². The predicted octanol–water partition coefficient (Wildman–Crippen LogP) is 0.656.